The molecule has 1 saturated heterocycles. The van der Waals surface area contributed by atoms with E-state index < -0.39 is 53.3 Å². The summed E-state index contributed by atoms with van der Waals surface area (Å²) in [5, 5.41) is 26.7. The van der Waals surface area contributed by atoms with Crippen molar-refractivity contribution in [3.63, 3.8) is 0 Å². The Kier molecular flexibility index (Phi) is 17.4. The van der Waals surface area contributed by atoms with Crippen LogP contribution in [0.25, 0.3) is 15.4 Å². The molecule has 20 heteroatoms. The summed E-state index contributed by atoms with van der Waals surface area (Å²) in [7, 11) is 0. The Morgan fingerprint density at radius 3 is 2.21 bits per heavy atom. The van der Waals surface area contributed by atoms with Gasteiger partial charge in [-0.25, -0.2) is 4.98 Å². The van der Waals surface area contributed by atoms with Crippen LogP contribution in [0.4, 0.5) is 0 Å². The van der Waals surface area contributed by atoms with Crippen molar-refractivity contribution in [1.29, 1.82) is 0 Å². The molecule has 70 heavy (non-hydrogen) atoms. The van der Waals surface area contributed by atoms with Gasteiger partial charge in [0.15, 0.2) is 5.82 Å². The number of thiophene rings is 1. The average molecular weight is 1020 g/mol. The Labute approximate surface area is 421 Å². The number of β-amino-alcohol motifs (C(OH)–C–C–N with tert-alkyl or cyclic N) is 1. The molecule has 1 fully saturated rings. The van der Waals surface area contributed by atoms with E-state index in [0.717, 1.165) is 54.0 Å². The number of hydrogen-bond acceptors (Lipinski definition) is 15. The number of carbonyl (C=O) groups excluding carboxylic acids is 4. The van der Waals surface area contributed by atoms with Gasteiger partial charge in [-0.3, -0.25) is 28.7 Å². The topological polar surface area (TPSA) is 209 Å². The maximum absolute atomic E-state index is 14.0. The minimum Gasteiger partial charge on any atom is -0.463 e. The highest BCUT2D eigenvalue weighted by molar-refractivity contribution is 7.15. The van der Waals surface area contributed by atoms with Crippen LogP contribution >= 0.6 is 34.3 Å². The SMILES string of the molecule is Cc1ncsc1-c1ccc(CNC(=O)[C@@H]2C[C@@H](O)CN2C(=O)[C@@H](NC(=O)COCCOCCOCCOC(=O)[C@H](C)[C@@H]2N=C(c3ccc(Cl)cc3)c3c(sc(C)c3C)-n3c(C)nnc32)C(C)(C)C)cc1. The van der Waals surface area contributed by atoms with Crippen LogP contribution in [0.5, 0.6) is 0 Å². The number of aryl methyl sites for hydroxylation is 3. The number of rotatable bonds is 20. The van der Waals surface area contributed by atoms with Crippen molar-refractivity contribution in [2.45, 2.75) is 92.6 Å². The van der Waals surface area contributed by atoms with Gasteiger partial charge in [-0.2, -0.15) is 0 Å². The van der Waals surface area contributed by atoms with Crippen LogP contribution < -0.4 is 10.6 Å². The Bertz CT molecular complexity index is 2680. The monoisotopic (exact) mass is 1020 g/mol. The molecule has 5 heterocycles. The zero-order valence-corrected chi connectivity index (χ0v) is 43.1. The molecule has 7 rings (SSSR count). The maximum Gasteiger partial charge on any atom is 0.311 e. The van der Waals surface area contributed by atoms with Crippen LogP contribution in [0.15, 0.2) is 59.0 Å². The van der Waals surface area contributed by atoms with E-state index in [1.165, 1.54) is 4.90 Å². The molecule has 5 atom stereocenters. The summed E-state index contributed by atoms with van der Waals surface area (Å²) in [6.07, 6.45) is -0.805. The van der Waals surface area contributed by atoms with E-state index in [2.05, 4.69) is 39.7 Å². The lowest BCUT2D eigenvalue weighted by atomic mass is 9.85. The Balaban J connectivity index is 0.808. The van der Waals surface area contributed by atoms with Crippen LogP contribution in [-0.4, -0.2) is 130 Å². The maximum atomic E-state index is 14.0. The predicted octanol–water partition coefficient (Wildman–Crippen LogP) is 6.27. The molecule has 0 spiro atoms. The van der Waals surface area contributed by atoms with Crippen LogP contribution in [0, 0.1) is 39.0 Å². The van der Waals surface area contributed by atoms with E-state index in [0.29, 0.717) is 16.7 Å². The number of nitrogens with one attached hydrogen (secondary N) is 2. The molecular weight excluding hydrogens is 956 g/mol. The Hall–Kier alpha value is -5.41. The van der Waals surface area contributed by atoms with Gasteiger partial charge in [0.1, 0.15) is 42.2 Å². The predicted molar refractivity (Wildman–Crippen MR) is 268 cm³/mol. The molecule has 5 aromatic rings. The molecule has 3 aromatic heterocycles. The van der Waals surface area contributed by atoms with Crippen molar-refractivity contribution in [1.82, 2.24) is 35.3 Å². The molecule has 2 aromatic carbocycles. The van der Waals surface area contributed by atoms with Gasteiger partial charge < -0.3 is 39.6 Å². The van der Waals surface area contributed by atoms with Gasteiger partial charge in [0.25, 0.3) is 0 Å². The van der Waals surface area contributed by atoms with E-state index >= 15 is 0 Å². The number of ether oxygens (including phenoxy) is 4. The van der Waals surface area contributed by atoms with Gasteiger partial charge in [-0.15, -0.1) is 32.9 Å². The fourth-order valence-electron chi connectivity index (χ4n) is 8.34. The zero-order valence-electron chi connectivity index (χ0n) is 40.7. The summed E-state index contributed by atoms with van der Waals surface area (Å²) in [5.74, 6) is -1.26. The number of aliphatic hydroxyl groups is 1. The van der Waals surface area contributed by atoms with Gasteiger partial charge in [-0.05, 0) is 68.9 Å². The first-order chi connectivity index (χ1) is 33.4. The second-order valence-corrected chi connectivity index (χ2v) is 21.0. The summed E-state index contributed by atoms with van der Waals surface area (Å²) < 4.78 is 24.4. The van der Waals surface area contributed by atoms with Crippen LogP contribution in [-0.2, 0) is 44.7 Å². The fraction of sp³-hybridized carbons (Fsp3) is 0.480. The van der Waals surface area contributed by atoms with Crippen LogP contribution in [0.1, 0.15) is 84.6 Å². The number of aliphatic hydroxyl groups excluding tert-OH is 1. The van der Waals surface area contributed by atoms with E-state index in [-0.39, 0.29) is 71.7 Å². The molecule has 17 nitrogen and oxygen atoms in total. The van der Waals surface area contributed by atoms with Gasteiger partial charge in [0.05, 0.1) is 66.8 Å². The van der Waals surface area contributed by atoms with Crippen LogP contribution in [0.3, 0.4) is 0 Å². The molecule has 0 aliphatic carbocycles. The summed E-state index contributed by atoms with van der Waals surface area (Å²) in [4.78, 5) is 67.1. The number of hydrogen-bond donors (Lipinski definition) is 3. The first-order valence-electron chi connectivity index (χ1n) is 23.2. The largest absolute Gasteiger partial charge is 0.463 e. The van der Waals surface area contributed by atoms with E-state index in [1.807, 2.05) is 93.2 Å². The molecule has 0 bridgehead atoms. The highest BCUT2D eigenvalue weighted by atomic mass is 35.5. The Morgan fingerprint density at radius 2 is 1.56 bits per heavy atom. The highest BCUT2D eigenvalue weighted by Gasteiger charge is 2.44. The third-order valence-electron chi connectivity index (χ3n) is 12.3. The minimum absolute atomic E-state index is 0.0214. The second kappa shape index (κ2) is 23.2. The first-order valence-corrected chi connectivity index (χ1v) is 25.3. The highest BCUT2D eigenvalue weighted by Crippen LogP contribution is 2.41. The minimum atomic E-state index is -0.990. The quantitative estimate of drug-likeness (QED) is 0.0583. The van der Waals surface area contributed by atoms with Crippen molar-refractivity contribution in [2.75, 3.05) is 52.8 Å². The van der Waals surface area contributed by atoms with E-state index in [9.17, 15) is 24.3 Å². The van der Waals surface area contributed by atoms with Crippen LogP contribution in [0.2, 0.25) is 5.02 Å². The molecule has 374 valence electrons. The molecule has 3 N–H and O–H groups in total. The lowest BCUT2D eigenvalue weighted by molar-refractivity contribution is -0.150. The number of carbonyl (C=O) groups is 4. The number of esters is 1. The zero-order chi connectivity index (χ0) is 50.3. The number of thiazole rings is 1. The van der Waals surface area contributed by atoms with Crippen molar-refractivity contribution in [3.05, 3.63) is 104 Å². The number of aromatic nitrogens is 4. The van der Waals surface area contributed by atoms with E-state index in [1.54, 1.807) is 29.6 Å². The molecule has 0 saturated carbocycles. The van der Waals surface area contributed by atoms with Gasteiger partial charge in [0.2, 0.25) is 17.7 Å². The van der Waals surface area contributed by atoms with Crippen molar-refractivity contribution in [3.8, 4) is 15.4 Å². The molecule has 0 unspecified atom stereocenters. The number of nitrogens with zero attached hydrogens (tertiary/aromatic N) is 6. The average Bonchev–Trinajstić information content (AvgIpc) is 4.09. The summed E-state index contributed by atoms with van der Waals surface area (Å²) in [6, 6.07) is 12.8. The van der Waals surface area contributed by atoms with Gasteiger partial charge in [-0.1, -0.05) is 68.8 Å². The van der Waals surface area contributed by atoms with Crippen molar-refractivity contribution in [2.24, 2.45) is 16.3 Å². The molecule has 3 amide bonds. The smallest absolute Gasteiger partial charge is 0.311 e. The lowest BCUT2D eigenvalue weighted by Crippen LogP contribution is -2.58. The number of fused-ring (bicyclic) bond motifs is 3. The number of amides is 3. The number of likely N-dealkylation sites (tertiary alicyclic amines) is 1. The third-order valence-corrected chi connectivity index (χ3v) is 14.7. The second-order valence-electron chi connectivity index (χ2n) is 18.5. The van der Waals surface area contributed by atoms with Crippen molar-refractivity contribution < 1.29 is 43.2 Å². The molecular formula is C50H61ClN8O9S2. The lowest BCUT2D eigenvalue weighted by Gasteiger charge is -2.35. The molecule has 2 aliphatic rings. The first kappa shape index (κ1) is 52.4. The normalized spacial score (nSPS) is 17.5. The van der Waals surface area contributed by atoms with Gasteiger partial charge >= 0.3 is 5.97 Å². The summed E-state index contributed by atoms with van der Waals surface area (Å²) >= 11 is 9.45. The molecule has 0 radical (unpaired) electrons. The third kappa shape index (κ3) is 12.4. The Morgan fingerprint density at radius 1 is 0.900 bits per heavy atom. The molecule has 2 aliphatic heterocycles. The van der Waals surface area contributed by atoms with Crippen molar-refractivity contribution >= 4 is 63.7 Å². The van der Waals surface area contributed by atoms with E-state index in [4.69, 9.17) is 35.5 Å². The van der Waals surface area contributed by atoms with Gasteiger partial charge in [0, 0.05) is 40.5 Å². The summed E-state index contributed by atoms with van der Waals surface area (Å²) in [6.45, 7) is 16.0. The fourth-order valence-corrected chi connectivity index (χ4v) is 10.5. The number of halogens is 1. The standard InChI is InChI=1S/C50H61ClN8O9S2/c1-28-31(4)70-48-40(28)42(34-13-15-36(51)16-14-34)55-41(45-57-56-32(5)59(45)48)29(2)49(64)68-22-21-66-18-17-65-19-20-67-26-39(61)54-44(50(6,7)8)47(63)58-25-37(60)23-38(58)46(62)52-24-33-9-11-35(12-10-33)43-30(3)53-27-69-43/h9-16,27,29,37-38,41,44,60H,17-26H2,1-8H3,(H,52,62)(H,54,61)/t29-,37-,38+,41+,44-/m1/s1. The summed E-state index contributed by atoms with van der Waals surface area (Å²) in [5.41, 5.74) is 7.65. The number of aliphatic imine (C=N–C) groups is 1. The number of benzene rings is 2.